The molecule has 1 fully saturated rings. The number of hydrogen-bond donors (Lipinski definition) is 2. The van der Waals surface area contributed by atoms with Crippen LogP contribution in [0.1, 0.15) is 43.7 Å². The highest BCUT2D eigenvalue weighted by Crippen LogP contribution is 2.34. The molecular weight excluding hydrogens is 319 g/mol. The molecule has 0 spiro atoms. The van der Waals surface area contributed by atoms with E-state index in [1.807, 2.05) is 0 Å². The molecule has 4 heteroatoms. The minimum Gasteiger partial charge on any atom is -0.271 e. The van der Waals surface area contributed by atoms with E-state index in [1.165, 1.54) is 40.6 Å². The summed E-state index contributed by atoms with van der Waals surface area (Å²) in [4.78, 5) is 0. The van der Waals surface area contributed by atoms with E-state index in [0.29, 0.717) is 6.04 Å². The Kier molecular flexibility index (Phi) is 4.42. The molecule has 0 amide bonds. The largest absolute Gasteiger partial charge is 0.271 e. The standard InChI is InChI=1S/C11H17IN2S/c12-11-6-9(7-15-11)10(14-13)5-8-3-1-2-4-8/h6-8,10,14H,1-5,13H2. The molecular formula is C11H17IN2S. The predicted molar refractivity (Wildman–Crippen MR) is 73.7 cm³/mol. The van der Waals surface area contributed by atoms with Crippen molar-refractivity contribution in [1.82, 2.24) is 5.43 Å². The van der Waals surface area contributed by atoms with Gasteiger partial charge in [-0.15, -0.1) is 11.3 Å². The van der Waals surface area contributed by atoms with Gasteiger partial charge in [-0.1, -0.05) is 25.7 Å². The Labute approximate surface area is 109 Å². The zero-order chi connectivity index (χ0) is 10.7. The van der Waals surface area contributed by atoms with E-state index in [0.717, 1.165) is 5.92 Å². The Bertz CT molecular complexity index is 307. The molecule has 1 atom stereocenters. The molecule has 1 aromatic heterocycles. The van der Waals surface area contributed by atoms with Crippen molar-refractivity contribution in [2.45, 2.75) is 38.1 Å². The minimum absolute atomic E-state index is 0.355. The molecule has 1 unspecified atom stereocenters. The summed E-state index contributed by atoms with van der Waals surface area (Å²) in [5, 5.41) is 2.22. The van der Waals surface area contributed by atoms with E-state index in [9.17, 15) is 0 Å². The number of rotatable bonds is 4. The summed E-state index contributed by atoms with van der Waals surface area (Å²) in [5.74, 6) is 6.52. The van der Waals surface area contributed by atoms with Gasteiger partial charge < -0.3 is 0 Å². The van der Waals surface area contributed by atoms with Crippen molar-refractivity contribution in [2.24, 2.45) is 11.8 Å². The zero-order valence-corrected chi connectivity index (χ0v) is 11.7. The molecule has 1 aliphatic rings. The third-order valence-electron chi connectivity index (χ3n) is 3.24. The van der Waals surface area contributed by atoms with Gasteiger partial charge in [0.2, 0.25) is 0 Å². The maximum Gasteiger partial charge on any atom is 0.0656 e. The molecule has 2 rings (SSSR count). The van der Waals surface area contributed by atoms with Gasteiger partial charge in [-0.2, -0.15) is 0 Å². The third kappa shape index (κ3) is 3.15. The van der Waals surface area contributed by atoms with Gasteiger partial charge in [-0.25, -0.2) is 0 Å². The van der Waals surface area contributed by atoms with Crippen LogP contribution in [0.3, 0.4) is 0 Å². The van der Waals surface area contributed by atoms with Crippen LogP contribution in [-0.2, 0) is 0 Å². The number of hydrazine groups is 1. The van der Waals surface area contributed by atoms with E-state index in [2.05, 4.69) is 39.5 Å². The second-order valence-electron chi connectivity index (χ2n) is 4.29. The predicted octanol–water partition coefficient (Wildman–Crippen LogP) is 3.44. The van der Waals surface area contributed by atoms with Crippen LogP contribution < -0.4 is 11.3 Å². The van der Waals surface area contributed by atoms with E-state index in [-0.39, 0.29) is 0 Å². The first-order chi connectivity index (χ1) is 7.29. The molecule has 0 radical (unpaired) electrons. The van der Waals surface area contributed by atoms with Crippen molar-refractivity contribution in [2.75, 3.05) is 0 Å². The fourth-order valence-electron chi connectivity index (χ4n) is 2.39. The molecule has 84 valence electrons. The SMILES string of the molecule is NNC(CC1CCCC1)c1csc(I)c1. The maximum atomic E-state index is 5.64. The average Bonchev–Trinajstić information content (AvgIpc) is 2.85. The smallest absolute Gasteiger partial charge is 0.0656 e. The van der Waals surface area contributed by atoms with E-state index < -0.39 is 0 Å². The molecule has 2 nitrogen and oxygen atoms in total. The zero-order valence-electron chi connectivity index (χ0n) is 8.71. The average molecular weight is 336 g/mol. The van der Waals surface area contributed by atoms with Crippen LogP contribution in [0.15, 0.2) is 11.4 Å². The Morgan fingerprint density at radius 2 is 2.27 bits per heavy atom. The third-order valence-corrected chi connectivity index (χ3v) is 5.04. The fourth-order valence-corrected chi connectivity index (χ4v) is 3.81. The van der Waals surface area contributed by atoms with Gasteiger partial charge in [0, 0.05) is 6.04 Å². The summed E-state index contributed by atoms with van der Waals surface area (Å²) in [6, 6.07) is 2.60. The lowest BCUT2D eigenvalue weighted by Crippen LogP contribution is -2.29. The highest BCUT2D eigenvalue weighted by molar-refractivity contribution is 14.1. The number of halogens is 1. The van der Waals surface area contributed by atoms with Crippen LogP contribution in [0.5, 0.6) is 0 Å². The lowest BCUT2D eigenvalue weighted by Gasteiger charge is -2.18. The van der Waals surface area contributed by atoms with Crippen LogP contribution >= 0.6 is 33.9 Å². The van der Waals surface area contributed by atoms with Gasteiger partial charge in [0.1, 0.15) is 0 Å². The van der Waals surface area contributed by atoms with Crippen LogP contribution in [-0.4, -0.2) is 0 Å². The second kappa shape index (κ2) is 5.61. The Morgan fingerprint density at radius 3 is 2.80 bits per heavy atom. The number of nitrogens with two attached hydrogens (primary N) is 1. The summed E-state index contributed by atoms with van der Waals surface area (Å²) in [6.45, 7) is 0. The summed E-state index contributed by atoms with van der Waals surface area (Å²) >= 11 is 4.16. The van der Waals surface area contributed by atoms with Crippen molar-refractivity contribution < 1.29 is 0 Å². The van der Waals surface area contributed by atoms with Crippen molar-refractivity contribution >= 4 is 33.9 Å². The summed E-state index contributed by atoms with van der Waals surface area (Å²) in [6.07, 6.45) is 6.79. The van der Waals surface area contributed by atoms with E-state index >= 15 is 0 Å². The summed E-state index contributed by atoms with van der Waals surface area (Å²) < 4.78 is 1.34. The summed E-state index contributed by atoms with van der Waals surface area (Å²) in [5.41, 5.74) is 4.32. The molecule has 1 aliphatic carbocycles. The van der Waals surface area contributed by atoms with Gasteiger partial charge in [0.15, 0.2) is 0 Å². The quantitative estimate of drug-likeness (QED) is 0.502. The van der Waals surface area contributed by atoms with Crippen LogP contribution in [0.25, 0.3) is 0 Å². The van der Waals surface area contributed by atoms with Gasteiger partial charge in [0.25, 0.3) is 0 Å². The monoisotopic (exact) mass is 336 g/mol. The molecule has 1 aromatic rings. The molecule has 3 N–H and O–H groups in total. The highest BCUT2D eigenvalue weighted by atomic mass is 127. The molecule has 1 heterocycles. The van der Waals surface area contributed by atoms with E-state index in [1.54, 1.807) is 11.3 Å². The van der Waals surface area contributed by atoms with Gasteiger partial charge in [0.05, 0.1) is 2.88 Å². The van der Waals surface area contributed by atoms with Crippen molar-refractivity contribution in [3.8, 4) is 0 Å². The first-order valence-corrected chi connectivity index (χ1v) is 7.45. The Hall–Kier alpha value is 0.350. The molecule has 0 saturated heterocycles. The van der Waals surface area contributed by atoms with Crippen molar-refractivity contribution in [3.63, 3.8) is 0 Å². The molecule has 15 heavy (non-hydrogen) atoms. The Morgan fingerprint density at radius 1 is 1.53 bits per heavy atom. The van der Waals surface area contributed by atoms with Crippen molar-refractivity contribution in [1.29, 1.82) is 0 Å². The summed E-state index contributed by atoms with van der Waals surface area (Å²) in [7, 11) is 0. The van der Waals surface area contributed by atoms with Crippen LogP contribution in [0.4, 0.5) is 0 Å². The van der Waals surface area contributed by atoms with Crippen LogP contribution in [0.2, 0.25) is 0 Å². The Balaban J connectivity index is 1.97. The topological polar surface area (TPSA) is 38.0 Å². The van der Waals surface area contributed by atoms with Gasteiger partial charge >= 0.3 is 0 Å². The minimum atomic E-state index is 0.355. The van der Waals surface area contributed by atoms with Gasteiger partial charge in [-0.3, -0.25) is 11.3 Å². The second-order valence-corrected chi connectivity index (χ2v) is 7.10. The lowest BCUT2D eigenvalue weighted by molar-refractivity contribution is 0.400. The molecule has 1 saturated carbocycles. The molecule has 0 aromatic carbocycles. The lowest BCUT2D eigenvalue weighted by atomic mass is 9.95. The van der Waals surface area contributed by atoms with Crippen LogP contribution in [0, 0.1) is 8.80 Å². The number of hydrogen-bond acceptors (Lipinski definition) is 3. The maximum absolute atomic E-state index is 5.64. The highest BCUT2D eigenvalue weighted by Gasteiger charge is 2.21. The first kappa shape index (κ1) is 11.8. The van der Waals surface area contributed by atoms with E-state index in [4.69, 9.17) is 5.84 Å². The number of nitrogens with one attached hydrogen (secondary N) is 1. The first-order valence-electron chi connectivity index (χ1n) is 5.49. The van der Waals surface area contributed by atoms with Crippen molar-refractivity contribution in [3.05, 3.63) is 19.9 Å². The normalized spacial score (nSPS) is 19.6. The molecule has 0 bridgehead atoms. The number of thiophene rings is 1. The van der Waals surface area contributed by atoms with Gasteiger partial charge in [-0.05, 0) is 51.9 Å². The molecule has 0 aliphatic heterocycles. The fraction of sp³-hybridized carbons (Fsp3) is 0.636.